The van der Waals surface area contributed by atoms with E-state index < -0.39 is 0 Å². The first kappa shape index (κ1) is 9.40. The van der Waals surface area contributed by atoms with Crippen molar-refractivity contribution in [3.63, 3.8) is 0 Å². The smallest absolute Gasteiger partial charge is 0.113 e. The first-order valence-electron chi connectivity index (χ1n) is 4.45. The molecular weight excluding hydrogens is 196 g/mol. The lowest BCUT2D eigenvalue weighted by atomic mass is 10.5. The monoisotopic (exact) mass is 208 g/mol. The minimum atomic E-state index is 0.908. The van der Waals surface area contributed by atoms with Gasteiger partial charge < -0.3 is 9.40 Å². The summed E-state index contributed by atoms with van der Waals surface area (Å²) in [5.41, 5.74) is 1.17. The Morgan fingerprint density at radius 2 is 2.43 bits per heavy atom. The fourth-order valence-electron chi connectivity index (χ4n) is 1.20. The number of nitrogens with zero attached hydrogens (tertiary/aromatic N) is 1. The molecule has 0 bridgehead atoms. The minimum Gasteiger partial charge on any atom is -0.468 e. The van der Waals surface area contributed by atoms with Crippen LogP contribution in [-0.4, -0.2) is 9.97 Å². The molecule has 14 heavy (non-hydrogen) atoms. The van der Waals surface area contributed by atoms with Gasteiger partial charge in [-0.2, -0.15) is 0 Å². The van der Waals surface area contributed by atoms with Crippen LogP contribution in [0.2, 0.25) is 0 Å². The predicted molar refractivity (Wildman–Crippen MR) is 57.0 cm³/mol. The molecule has 74 valence electrons. The molecule has 1 N–H and O–H groups in total. The number of furan rings is 1. The van der Waals surface area contributed by atoms with Crippen LogP contribution in [0.15, 0.2) is 29.0 Å². The number of aromatic nitrogens is 2. The number of aromatic amines is 1. The molecule has 0 aliphatic heterocycles. The SMILES string of the molecule is Cc1ncc(CSCc2ccco2)[nH]1. The Morgan fingerprint density at radius 1 is 1.50 bits per heavy atom. The first-order valence-corrected chi connectivity index (χ1v) is 5.60. The van der Waals surface area contributed by atoms with E-state index >= 15 is 0 Å². The van der Waals surface area contributed by atoms with Crippen LogP contribution < -0.4 is 0 Å². The van der Waals surface area contributed by atoms with Crippen LogP contribution >= 0.6 is 11.8 Å². The van der Waals surface area contributed by atoms with E-state index in [1.807, 2.05) is 37.0 Å². The Balaban J connectivity index is 1.78. The summed E-state index contributed by atoms with van der Waals surface area (Å²) in [6.07, 6.45) is 3.58. The van der Waals surface area contributed by atoms with Crippen molar-refractivity contribution in [1.82, 2.24) is 9.97 Å². The van der Waals surface area contributed by atoms with Crippen molar-refractivity contribution in [1.29, 1.82) is 0 Å². The maximum absolute atomic E-state index is 5.23. The molecule has 2 aromatic rings. The number of imidazole rings is 1. The van der Waals surface area contributed by atoms with Crippen molar-refractivity contribution in [3.8, 4) is 0 Å². The van der Waals surface area contributed by atoms with Gasteiger partial charge in [0.25, 0.3) is 0 Å². The van der Waals surface area contributed by atoms with E-state index in [0.717, 1.165) is 23.1 Å². The summed E-state index contributed by atoms with van der Waals surface area (Å²) < 4.78 is 5.23. The van der Waals surface area contributed by atoms with E-state index in [1.165, 1.54) is 5.69 Å². The molecule has 0 saturated heterocycles. The van der Waals surface area contributed by atoms with Crippen LogP contribution in [0.1, 0.15) is 17.3 Å². The van der Waals surface area contributed by atoms with Crippen LogP contribution in [0.25, 0.3) is 0 Å². The van der Waals surface area contributed by atoms with E-state index in [9.17, 15) is 0 Å². The molecule has 0 saturated carbocycles. The molecular formula is C10H12N2OS. The predicted octanol–water partition coefficient (Wildman–Crippen LogP) is 2.74. The van der Waals surface area contributed by atoms with Crippen LogP contribution in [0.5, 0.6) is 0 Å². The number of aryl methyl sites for hydroxylation is 1. The first-order chi connectivity index (χ1) is 6.84. The molecule has 2 rings (SSSR count). The highest BCUT2D eigenvalue weighted by molar-refractivity contribution is 7.97. The van der Waals surface area contributed by atoms with Gasteiger partial charge in [0.2, 0.25) is 0 Å². The summed E-state index contributed by atoms with van der Waals surface area (Å²) in [4.78, 5) is 7.33. The zero-order valence-corrected chi connectivity index (χ0v) is 8.80. The summed E-state index contributed by atoms with van der Waals surface area (Å²) in [6.45, 7) is 1.96. The van der Waals surface area contributed by atoms with Crippen molar-refractivity contribution in [3.05, 3.63) is 41.9 Å². The third-order valence-corrected chi connectivity index (χ3v) is 2.84. The average Bonchev–Trinajstić information content (AvgIpc) is 2.77. The third kappa shape index (κ3) is 2.42. The van der Waals surface area contributed by atoms with Crippen LogP contribution in [0, 0.1) is 6.92 Å². The Hall–Kier alpha value is -1.16. The summed E-state index contributed by atoms with van der Waals surface area (Å²) in [5, 5.41) is 0. The lowest BCUT2D eigenvalue weighted by Gasteiger charge is -1.95. The van der Waals surface area contributed by atoms with E-state index in [0.29, 0.717) is 0 Å². The van der Waals surface area contributed by atoms with E-state index in [4.69, 9.17) is 4.42 Å². The second-order valence-corrected chi connectivity index (χ2v) is 4.05. The number of hydrogen-bond donors (Lipinski definition) is 1. The van der Waals surface area contributed by atoms with Gasteiger partial charge in [0, 0.05) is 17.6 Å². The molecule has 0 amide bonds. The molecule has 0 aromatic carbocycles. The Morgan fingerprint density at radius 3 is 3.07 bits per heavy atom. The van der Waals surface area contributed by atoms with Crippen LogP contribution in [-0.2, 0) is 11.5 Å². The van der Waals surface area contributed by atoms with Crippen molar-refractivity contribution in [2.45, 2.75) is 18.4 Å². The van der Waals surface area contributed by atoms with Crippen molar-refractivity contribution in [2.75, 3.05) is 0 Å². The van der Waals surface area contributed by atoms with Gasteiger partial charge in [-0.05, 0) is 19.1 Å². The topological polar surface area (TPSA) is 41.8 Å². The van der Waals surface area contributed by atoms with Crippen LogP contribution in [0.3, 0.4) is 0 Å². The molecule has 0 aliphatic carbocycles. The zero-order chi connectivity index (χ0) is 9.80. The average molecular weight is 208 g/mol. The van der Waals surface area contributed by atoms with Crippen molar-refractivity contribution >= 4 is 11.8 Å². The maximum atomic E-state index is 5.23. The summed E-state index contributed by atoms with van der Waals surface area (Å²) in [5.74, 6) is 3.84. The highest BCUT2D eigenvalue weighted by Gasteiger charge is 1.99. The molecule has 4 heteroatoms. The van der Waals surface area contributed by atoms with Gasteiger partial charge in [0.1, 0.15) is 11.6 Å². The fraction of sp³-hybridized carbons (Fsp3) is 0.300. The molecule has 0 spiro atoms. The standard InChI is InChI=1S/C10H12N2OS/c1-8-11-5-9(12-8)6-14-7-10-3-2-4-13-10/h2-5H,6-7H2,1H3,(H,11,12). The minimum absolute atomic E-state index is 0.908. The molecule has 0 radical (unpaired) electrons. The highest BCUT2D eigenvalue weighted by atomic mass is 32.2. The van der Waals surface area contributed by atoms with Crippen molar-refractivity contribution < 1.29 is 4.42 Å². The van der Waals surface area contributed by atoms with Crippen LogP contribution in [0.4, 0.5) is 0 Å². The third-order valence-electron chi connectivity index (χ3n) is 1.84. The Bertz CT molecular complexity index is 380. The highest BCUT2D eigenvalue weighted by Crippen LogP contribution is 2.16. The maximum Gasteiger partial charge on any atom is 0.113 e. The molecule has 0 fully saturated rings. The number of hydrogen-bond acceptors (Lipinski definition) is 3. The molecule has 0 atom stereocenters. The normalized spacial score (nSPS) is 10.6. The lowest BCUT2D eigenvalue weighted by molar-refractivity contribution is 0.530. The largest absolute Gasteiger partial charge is 0.468 e. The quantitative estimate of drug-likeness (QED) is 0.840. The Labute approximate surface area is 86.9 Å². The summed E-state index contributed by atoms with van der Waals surface area (Å²) >= 11 is 1.81. The van der Waals surface area contributed by atoms with E-state index in [-0.39, 0.29) is 0 Å². The number of nitrogens with one attached hydrogen (secondary N) is 1. The lowest BCUT2D eigenvalue weighted by Crippen LogP contribution is -1.82. The fourth-order valence-corrected chi connectivity index (χ4v) is 2.04. The van der Waals surface area contributed by atoms with Gasteiger partial charge in [-0.25, -0.2) is 4.98 Å². The van der Waals surface area contributed by atoms with Gasteiger partial charge in [-0.15, -0.1) is 11.8 Å². The van der Waals surface area contributed by atoms with Gasteiger partial charge in [0.05, 0.1) is 12.0 Å². The van der Waals surface area contributed by atoms with Gasteiger partial charge in [0.15, 0.2) is 0 Å². The number of H-pyrrole nitrogens is 1. The van der Waals surface area contributed by atoms with Gasteiger partial charge in [-0.3, -0.25) is 0 Å². The van der Waals surface area contributed by atoms with E-state index in [2.05, 4.69) is 9.97 Å². The molecule has 3 nitrogen and oxygen atoms in total. The van der Waals surface area contributed by atoms with Gasteiger partial charge in [-0.1, -0.05) is 0 Å². The Kier molecular flexibility index (Phi) is 2.93. The second kappa shape index (κ2) is 4.37. The number of rotatable bonds is 4. The molecule has 0 unspecified atom stereocenters. The molecule has 2 heterocycles. The zero-order valence-electron chi connectivity index (χ0n) is 7.99. The van der Waals surface area contributed by atoms with Gasteiger partial charge >= 0.3 is 0 Å². The van der Waals surface area contributed by atoms with E-state index in [1.54, 1.807) is 6.26 Å². The second-order valence-electron chi connectivity index (χ2n) is 3.07. The number of thioether (sulfide) groups is 1. The molecule has 0 aliphatic rings. The summed E-state index contributed by atoms with van der Waals surface area (Å²) in [6, 6.07) is 3.90. The van der Waals surface area contributed by atoms with Crippen molar-refractivity contribution in [2.24, 2.45) is 0 Å². The summed E-state index contributed by atoms with van der Waals surface area (Å²) in [7, 11) is 0. The molecule has 2 aromatic heterocycles.